The van der Waals surface area contributed by atoms with Crippen LogP contribution in [0.3, 0.4) is 0 Å². The first kappa shape index (κ1) is 9.68. The van der Waals surface area contributed by atoms with Gasteiger partial charge in [0.25, 0.3) is 0 Å². The molecular weight excluding hydrogens is 176 g/mol. The molecule has 0 aliphatic carbocycles. The molecule has 4 nitrogen and oxygen atoms in total. The minimum absolute atomic E-state index is 0.302. The van der Waals surface area contributed by atoms with E-state index in [-0.39, 0.29) is 0 Å². The first-order valence-electron chi connectivity index (χ1n) is 5.27. The maximum atomic E-state index is 5.93. The molecule has 0 bridgehead atoms. The summed E-state index contributed by atoms with van der Waals surface area (Å²) in [6.45, 7) is 6.21. The van der Waals surface area contributed by atoms with Gasteiger partial charge in [0, 0.05) is 38.1 Å². The Hall–Kier alpha value is -0.870. The van der Waals surface area contributed by atoms with Crippen molar-refractivity contribution < 1.29 is 0 Å². The molecule has 0 radical (unpaired) electrons. The second-order valence-electron chi connectivity index (χ2n) is 3.94. The van der Waals surface area contributed by atoms with Crippen molar-refractivity contribution in [2.24, 2.45) is 5.73 Å². The molecule has 1 atom stereocenters. The monoisotopic (exact) mass is 194 g/mol. The number of hydrogen-bond acceptors (Lipinski definition) is 3. The van der Waals surface area contributed by atoms with Crippen molar-refractivity contribution in [1.29, 1.82) is 0 Å². The average molecular weight is 194 g/mol. The van der Waals surface area contributed by atoms with Crippen molar-refractivity contribution in [3.8, 4) is 0 Å². The predicted octanol–water partition coefficient (Wildman–Crippen LogP) is 0.436. The van der Waals surface area contributed by atoms with E-state index in [0.717, 1.165) is 32.6 Å². The van der Waals surface area contributed by atoms with Crippen molar-refractivity contribution >= 4 is 0 Å². The zero-order valence-electron chi connectivity index (χ0n) is 8.69. The Kier molecular flexibility index (Phi) is 2.84. The number of nitrogens with two attached hydrogens (primary N) is 1. The Labute approximate surface area is 84.7 Å². The Morgan fingerprint density at radius 2 is 2.43 bits per heavy atom. The summed E-state index contributed by atoms with van der Waals surface area (Å²) in [7, 11) is 0. The topological polar surface area (TPSA) is 47.1 Å². The first-order valence-corrected chi connectivity index (χ1v) is 5.27. The maximum Gasteiger partial charge on any atom is 0.122 e. The van der Waals surface area contributed by atoms with Crippen molar-refractivity contribution in [2.75, 3.05) is 13.1 Å². The van der Waals surface area contributed by atoms with Crippen LogP contribution in [0, 0.1) is 0 Å². The number of fused-ring (bicyclic) bond motifs is 1. The zero-order chi connectivity index (χ0) is 9.97. The molecular formula is C10H18N4. The van der Waals surface area contributed by atoms with E-state index in [1.54, 1.807) is 0 Å². The minimum atomic E-state index is 0.302. The predicted molar refractivity (Wildman–Crippen MR) is 55.8 cm³/mol. The molecule has 0 spiro atoms. The van der Waals surface area contributed by atoms with Gasteiger partial charge in [0.1, 0.15) is 5.82 Å². The highest BCUT2D eigenvalue weighted by Gasteiger charge is 2.17. The van der Waals surface area contributed by atoms with Crippen LogP contribution in [0.25, 0.3) is 0 Å². The Balaban J connectivity index is 1.94. The molecule has 1 unspecified atom stereocenters. The molecule has 0 aromatic carbocycles. The smallest absolute Gasteiger partial charge is 0.122 e. The SMILES string of the molecule is CCC(N)CN1CCn2ccnc2C1. The van der Waals surface area contributed by atoms with Gasteiger partial charge in [-0.3, -0.25) is 4.90 Å². The molecule has 14 heavy (non-hydrogen) atoms. The molecule has 2 N–H and O–H groups in total. The molecule has 0 amide bonds. The third-order valence-corrected chi connectivity index (χ3v) is 2.84. The van der Waals surface area contributed by atoms with E-state index < -0.39 is 0 Å². The molecule has 78 valence electrons. The van der Waals surface area contributed by atoms with Gasteiger partial charge in [-0.25, -0.2) is 4.98 Å². The highest BCUT2D eigenvalue weighted by atomic mass is 15.2. The summed E-state index contributed by atoms with van der Waals surface area (Å²) in [6, 6.07) is 0.302. The van der Waals surface area contributed by atoms with Gasteiger partial charge in [0.15, 0.2) is 0 Å². The van der Waals surface area contributed by atoms with Crippen molar-refractivity contribution in [2.45, 2.75) is 32.5 Å². The van der Waals surface area contributed by atoms with Crippen LogP contribution in [-0.2, 0) is 13.1 Å². The molecule has 1 aliphatic heterocycles. The van der Waals surface area contributed by atoms with E-state index in [4.69, 9.17) is 5.73 Å². The molecule has 0 saturated heterocycles. The van der Waals surface area contributed by atoms with Crippen LogP contribution >= 0.6 is 0 Å². The average Bonchev–Trinajstić information content (AvgIpc) is 2.64. The highest BCUT2D eigenvalue weighted by Crippen LogP contribution is 2.10. The highest BCUT2D eigenvalue weighted by molar-refractivity contribution is 4.95. The minimum Gasteiger partial charge on any atom is -0.333 e. The quantitative estimate of drug-likeness (QED) is 0.759. The summed E-state index contributed by atoms with van der Waals surface area (Å²) in [4.78, 5) is 6.71. The lowest BCUT2D eigenvalue weighted by Crippen LogP contribution is -2.41. The number of nitrogens with zero attached hydrogens (tertiary/aromatic N) is 3. The molecule has 1 aromatic heterocycles. The van der Waals surface area contributed by atoms with Gasteiger partial charge in [0.05, 0.1) is 6.54 Å². The maximum absolute atomic E-state index is 5.93. The number of rotatable bonds is 3. The Morgan fingerprint density at radius 3 is 3.21 bits per heavy atom. The summed E-state index contributed by atoms with van der Waals surface area (Å²) in [5, 5.41) is 0. The van der Waals surface area contributed by atoms with E-state index >= 15 is 0 Å². The van der Waals surface area contributed by atoms with Crippen LogP contribution in [-0.4, -0.2) is 33.6 Å². The van der Waals surface area contributed by atoms with Gasteiger partial charge in [0.2, 0.25) is 0 Å². The lowest BCUT2D eigenvalue weighted by Gasteiger charge is -2.29. The molecule has 0 saturated carbocycles. The lowest BCUT2D eigenvalue weighted by atomic mass is 10.2. The zero-order valence-corrected chi connectivity index (χ0v) is 8.69. The molecule has 2 rings (SSSR count). The van der Waals surface area contributed by atoms with E-state index in [1.807, 2.05) is 12.4 Å². The van der Waals surface area contributed by atoms with E-state index in [9.17, 15) is 0 Å². The number of aromatic nitrogens is 2. The lowest BCUT2D eigenvalue weighted by molar-refractivity contribution is 0.203. The fraction of sp³-hybridized carbons (Fsp3) is 0.700. The van der Waals surface area contributed by atoms with Crippen LogP contribution in [0.5, 0.6) is 0 Å². The Morgan fingerprint density at radius 1 is 1.57 bits per heavy atom. The molecule has 1 aromatic rings. The van der Waals surface area contributed by atoms with Gasteiger partial charge in [-0.15, -0.1) is 0 Å². The first-order chi connectivity index (χ1) is 6.79. The third-order valence-electron chi connectivity index (χ3n) is 2.84. The van der Waals surface area contributed by atoms with E-state index in [1.165, 1.54) is 5.82 Å². The van der Waals surface area contributed by atoms with Gasteiger partial charge in [-0.2, -0.15) is 0 Å². The number of imidazole rings is 1. The summed E-state index contributed by atoms with van der Waals surface area (Å²) >= 11 is 0. The largest absolute Gasteiger partial charge is 0.333 e. The van der Waals surface area contributed by atoms with Crippen LogP contribution in [0.2, 0.25) is 0 Å². The second kappa shape index (κ2) is 4.11. The van der Waals surface area contributed by atoms with Crippen LogP contribution < -0.4 is 5.73 Å². The molecule has 2 heterocycles. The summed E-state index contributed by atoms with van der Waals surface area (Å²) < 4.78 is 2.22. The fourth-order valence-electron chi connectivity index (χ4n) is 1.84. The van der Waals surface area contributed by atoms with Gasteiger partial charge < -0.3 is 10.3 Å². The normalized spacial score (nSPS) is 19.3. The second-order valence-corrected chi connectivity index (χ2v) is 3.94. The van der Waals surface area contributed by atoms with Crippen LogP contribution in [0.15, 0.2) is 12.4 Å². The fourth-order valence-corrected chi connectivity index (χ4v) is 1.84. The summed E-state index contributed by atoms with van der Waals surface area (Å²) in [6.07, 6.45) is 4.97. The molecule has 4 heteroatoms. The Bertz CT molecular complexity index is 294. The van der Waals surface area contributed by atoms with Gasteiger partial charge >= 0.3 is 0 Å². The molecule has 0 fully saturated rings. The number of hydrogen-bond donors (Lipinski definition) is 1. The summed E-state index contributed by atoms with van der Waals surface area (Å²) in [5.41, 5.74) is 5.93. The third kappa shape index (κ3) is 1.96. The van der Waals surface area contributed by atoms with E-state index in [0.29, 0.717) is 6.04 Å². The van der Waals surface area contributed by atoms with Crippen molar-refractivity contribution in [3.05, 3.63) is 18.2 Å². The van der Waals surface area contributed by atoms with E-state index in [2.05, 4.69) is 21.4 Å². The van der Waals surface area contributed by atoms with Gasteiger partial charge in [-0.1, -0.05) is 6.92 Å². The summed E-state index contributed by atoms with van der Waals surface area (Å²) in [5.74, 6) is 1.17. The van der Waals surface area contributed by atoms with Crippen LogP contribution in [0.4, 0.5) is 0 Å². The molecule has 1 aliphatic rings. The van der Waals surface area contributed by atoms with Crippen molar-refractivity contribution in [1.82, 2.24) is 14.5 Å². The standard InChI is InChI=1S/C10H18N4/c1-2-9(11)7-13-5-6-14-4-3-12-10(14)8-13/h3-4,9H,2,5-8,11H2,1H3. The van der Waals surface area contributed by atoms with Crippen LogP contribution in [0.1, 0.15) is 19.2 Å². The van der Waals surface area contributed by atoms with Crippen molar-refractivity contribution in [3.63, 3.8) is 0 Å². The van der Waals surface area contributed by atoms with Gasteiger partial charge in [-0.05, 0) is 6.42 Å².